The summed E-state index contributed by atoms with van der Waals surface area (Å²) in [7, 11) is 0. The highest BCUT2D eigenvalue weighted by Crippen LogP contribution is 2.53. The number of halogens is 2. The van der Waals surface area contributed by atoms with Crippen LogP contribution in [0.3, 0.4) is 0 Å². The first-order valence-corrected chi connectivity index (χ1v) is 7.36. The van der Waals surface area contributed by atoms with Gasteiger partial charge in [-0.15, -0.1) is 0 Å². The summed E-state index contributed by atoms with van der Waals surface area (Å²) < 4.78 is 4.29. The Morgan fingerprint density at radius 1 is 1.44 bits per heavy atom. The number of hydrogen-bond donors (Lipinski definition) is 1. The number of nitrogens with zero attached hydrogens (tertiary/aromatic N) is 2. The summed E-state index contributed by atoms with van der Waals surface area (Å²) in [5.74, 6) is 1.91. The highest BCUT2D eigenvalue weighted by atomic mass is 79.9. The summed E-state index contributed by atoms with van der Waals surface area (Å²) in [6.07, 6.45) is 2.60. The van der Waals surface area contributed by atoms with Crippen molar-refractivity contribution in [3.05, 3.63) is 15.0 Å². The molecule has 5 heteroatoms. The molecule has 2 heterocycles. The maximum Gasteiger partial charge on any atom is 0.139 e. The molecule has 0 aromatic carbocycles. The van der Waals surface area contributed by atoms with Crippen molar-refractivity contribution in [3.63, 3.8) is 0 Å². The van der Waals surface area contributed by atoms with E-state index in [2.05, 4.69) is 53.7 Å². The Morgan fingerprint density at radius 3 is 2.62 bits per heavy atom. The van der Waals surface area contributed by atoms with Crippen molar-refractivity contribution in [2.24, 2.45) is 5.41 Å². The molecule has 0 amide bonds. The van der Waals surface area contributed by atoms with Gasteiger partial charge in [0.05, 0.1) is 0 Å². The van der Waals surface area contributed by atoms with E-state index in [4.69, 9.17) is 0 Å². The molecule has 1 aliphatic heterocycles. The van der Waals surface area contributed by atoms with Crippen molar-refractivity contribution >= 4 is 31.9 Å². The van der Waals surface area contributed by atoms with Crippen molar-refractivity contribution in [1.82, 2.24) is 14.9 Å². The van der Waals surface area contributed by atoms with Crippen LogP contribution in [0.25, 0.3) is 0 Å². The molecule has 1 saturated heterocycles. The summed E-state index contributed by atoms with van der Waals surface area (Å²) in [5, 5.41) is 3.38. The van der Waals surface area contributed by atoms with Crippen LogP contribution in [-0.2, 0) is 6.54 Å². The topological polar surface area (TPSA) is 29.9 Å². The van der Waals surface area contributed by atoms with Crippen LogP contribution < -0.4 is 5.32 Å². The van der Waals surface area contributed by atoms with E-state index in [1.807, 2.05) is 0 Å². The smallest absolute Gasteiger partial charge is 0.139 e. The molecule has 88 valence electrons. The van der Waals surface area contributed by atoms with E-state index in [1.165, 1.54) is 31.8 Å². The molecule has 2 fully saturated rings. The van der Waals surface area contributed by atoms with Crippen LogP contribution in [0.5, 0.6) is 0 Å². The van der Waals surface area contributed by atoms with Crippen molar-refractivity contribution in [2.45, 2.75) is 32.2 Å². The summed E-state index contributed by atoms with van der Waals surface area (Å²) in [4.78, 5) is 4.64. The molecule has 0 bridgehead atoms. The van der Waals surface area contributed by atoms with E-state index < -0.39 is 0 Å². The van der Waals surface area contributed by atoms with Gasteiger partial charge in [-0.25, -0.2) is 4.98 Å². The van der Waals surface area contributed by atoms with E-state index in [0.29, 0.717) is 11.3 Å². The van der Waals surface area contributed by atoms with Crippen molar-refractivity contribution in [2.75, 3.05) is 13.1 Å². The highest BCUT2D eigenvalue weighted by Gasteiger charge is 2.50. The van der Waals surface area contributed by atoms with Gasteiger partial charge in [0.1, 0.15) is 15.0 Å². The first-order valence-electron chi connectivity index (χ1n) is 5.77. The lowest BCUT2D eigenvalue weighted by molar-refractivity contribution is 0.0317. The van der Waals surface area contributed by atoms with Crippen molar-refractivity contribution < 1.29 is 0 Å². The zero-order valence-corrected chi connectivity index (χ0v) is 12.4. The number of nitrogens with one attached hydrogen (secondary N) is 1. The van der Waals surface area contributed by atoms with E-state index >= 15 is 0 Å². The number of rotatable bonds is 2. The minimum atomic E-state index is 0.619. The fourth-order valence-electron chi connectivity index (χ4n) is 2.97. The third kappa shape index (κ3) is 1.51. The van der Waals surface area contributed by atoms with Crippen molar-refractivity contribution in [3.8, 4) is 0 Å². The third-order valence-electron chi connectivity index (χ3n) is 3.94. The third-order valence-corrected chi connectivity index (χ3v) is 5.83. The van der Waals surface area contributed by atoms with E-state index in [9.17, 15) is 0 Å². The quantitative estimate of drug-likeness (QED) is 0.890. The maximum atomic E-state index is 4.64. The lowest BCUT2D eigenvalue weighted by Gasteiger charge is -2.54. The van der Waals surface area contributed by atoms with Crippen LogP contribution >= 0.6 is 31.9 Å². The average molecular weight is 349 g/mol. The summed E-state index contributed by atoms with van der Waals surface area (Å²) >= 11 is 7.08. The van der Waals surface area contributed by atoms with Crippen LogP contribution in [0, 0.1) is 5.41 Å². The molecular formula is C11H15Br2N3. The largest absolute Gasteiger partial charge is 0.322 e. The molecular weight excluding hydrogens is 334 g/mol. The number of hydrogen-bond acceptors (Lipinski definition) is 2. The van der Waals surface area contributed by atoms with Crippen LogP contribution in [0.15, 0.2) is 9.21 Å². The summed E-state index contributed by atoms with van der Waals surface area (Å²) in [6.45, 7) is 5.56. The minimum Gasteiger partial charge on any atom is -0.322 e. The second-order valence-electron chi connectivity index (χ2n) is 5.00. The van der Waals surface area contributed by atoms with Gasteiger partial charge in [-0.2, -0.15) is 0 Å². The first kappa shape index (κ1) is 11.2. The molecule has 0 radical (unpaired) electrons. The molecule has 1 aromatic heterocycles. The number of imidazole rings is 1. The predicted octanol–water partition coefficient (Wildman–Crippen LogP) is 2.90. The Labute approximate surface area is 112 Å². The van der Waals surface area contributed by atoms with Gasteiger partial charge in [0.15, 0.2) is 0 Å². The standard InChI is InChI=1S/C11H15Br2N3/c1-2-16-9(13)8(12)15-10(16)7-3-11(4-7)5-14-6-11/h7,14H,2-6H2,1H3. The zero-order valence-electron chi connectivity index (χ0n) is 9.26. The Kier molecular flexibility index (Phi) is 2.68. The van der Waals surface area contributed by atoms with Crippen LogP contribution in [0.2, 0.25) is 0 Å². The van der Waals surface area contributed by atoms with Gasteiger partial charge in [0.2, 0.25) is 0 Å². The molecule has 16 heavy (non-hydrogen) atoms. The highest BCUT2D eigenvalue weighted by molar-refractivity contribution is 9.13. The summed E-state index contributed by atoms with van der Waals surface area (Å²) in [6, 6.07) is 0. The Balaban J connectivity index is 1.82. The Morgan fingerprint density at radius 2 is 2.12 bits per heavy atom. The molecule has 1 aromatic rings. The predicted molar refractivity (Wildman–Crippen MR) is 70.6 cm³/mol. The molecule has 1 N–H and O–H groups in total. The fourth-order valence-corrected chi connectivity index (χ4v) is 3.88. The van der Waals surface area contributed by atoms with Gasteiger partial charge < -0.3 is 9.88 Å². The molecule has 3 nitrogen and oxygen atoms in total. The van der Waals surface area contributed by atoms with Crippen LogP contribution in [0.4, 0.5) is 0 Å². The first-order chi connectivity index (χ1) is 7.65. The molecule has 0 atom stereocenters. The SMILES string of the molecule is CCn1c(C2CC3(CNC3)C2)nc(Br)c1Br. The van der Waals surface area contributed by atoms with Crippen LogP contribution in [0.1, 0.15) is 31.5 Å². The summed E-state index contributed by atoms with van der Waals surface area (Å²) in [5.41, 5.74) is 0.619. The molecule has 1 saturated carbocycles. The van der Waals surface area contributed by atoms with Crippen LogP contribution in [-0.4, -0.2) is 22.6 Å². The van der Waals surface area contributed by atoms with Gasteiger partial charge in [-0.3, -0.25) is 0 Å². The van der Waals surface area contributed by atoms with Gasteiger partial charge in [0, 0.05) is 25.6 Å². The Bertz CT molecular complexity index is 415. The molecule has 2 aliphatic rings. The van der Waals surface area contributed by atoms with Gasteiger partial charge in [-0.1, -0.05) is 0 Å². The zero-order chi connectivity index (χ0) is 11.3. The normalized spacial score (nSPS) is 23.2. The van der Waals surface area contributed by atoms with Gasteiger partial charge in [-0.05, 0) is 57.0 Å². The Hall–Kier alpha value is 0.130. The lowest BCUT2D eigenvalue weighted by atomic mass is 9.58. The minimum absolute atomic E-state index is 0.619. The second-order valence-corrected chi connectivity index (χ2v) is 6.51. The molecule has 1 aliphatic carbocycles. The van der Waals surface area contributed by atoms with E-state index in [-0.39, 0.29) is 0 Å². The maximum absolute atomic E-state index is 4.64. The van der Waals surface area contributed by atoms with Gasteiger partial charge in [0.25, 0.3) is 0 Å². The van der Waals surface area contributed by atoms with E-state index in [0.717, 1.165) is 15.8 Å². The van der Waals surface area contributed by atoms with E-state index in [1.54, 1.807) is 0 Å². The molecule has 1 spiro atoms. The number of aromatic nitrogens is 2. The molecule has 0 unspecified atom stereocenters. The second kappa shape index (κ2) is 3.82. The molecule has 3 rings (SSSR count). The monoisotopic (exact) mass is 347 g/mol. The fraction of sp³-hybridized carbons (Fsp3) is 0.727. The lowest BCUT2D eigenvalue weighted by Crippen LogP contribution is -2.59. The van der Waals surface area contributed by atoms with Gasteiger partial charge >= 0.3 is 0 Å². The van der Waals surface area contributed by atoms with Crippen molar-refractivity contribution in [1.29, 1.82) is 0 Å². The average Bonchev–Trinajstić information content (AvgIpc) is 2.39.